The maximum atomic E-state index is 4.68. The third-order valence-corrected chi connectivity index (χ3v) is 3.82. The molecule has 3 aromatic rings. The Labute approximate surface area is 118 Å². The highest BCUT2D eigenvalue weighted by Gasteiger charge is 2.27. The summed E-state index contributed by atoms with van der Waals surface area (Å²) in [5, 5.41) is 5.40. The van der Waals surface area contributed by atoms with Crippen molar-refractivity contribution in [3.8, 4) is 5.69 Å². The van der Waals surface area contributed by atoms with Crippen LogP contribution in [0.3, 0.4) is 0 Å². The number of halogens is 1. The molecule has 4 rings (SSSR count). The smallest absolute Gasteiger partial charge is 0.166 e. The molecule has 1 aliphatic carbocycles. The molecule has 1 aromatic carbocycles. The molecule has 5 heteroatoms. The summed E-state index contributed by atoms with van der Waals surface area (Å²) in [7, 11) is 0. The van der Waals surface area contributed by atoms with E-state index in [0.29, 0.717) is 5.92 Å². The van der Waals surface area contributed by atoms with E-state index in [4.69, 9.17) is 0 Å². The average molecular weight is 315 g/mol. The van der Waals surface area contributed by atoms with Gasteiger partial charge in [0.2, 0.25) is 0 Å². The predicted octanol–water partition coefficient (Wildman–Crippen LogP) is 3.46. The lowest BCUT2D eigenvalue weighted by atomic mass is 10.3. The van der Waals surface area contributed by atoms with E-state index < -0.39 is 0 Å². The zero-order valence-corrected chi connectivity index (χ0v) is 11.7. The van der Waals surface area contributed by atoms with Gasteiger partial charge in [0.05, 0.1) is 17.3 Å². The molecule has 0 amide bonds. The fourth-order valence-electron chi connectivity index (χ4n) is 2.17. The van der Waals surface area contributed by atoms with Gasteiger partial charge in [-0.05, 0) is 31.0 Å². The first kappa shape index (κ1) is 11.1. The summed E-state index contributed by atoms with van der Waals surface area (Å²) in [6, 6.07) is 8.05. The van der Waals surface area contributed by atoms with E-state index in [-0.39, 0.29) is 0 Å². The van der Waals surface area contributed by atoms with Crippen LogP contribution in [0.2, 0.25) is 0 Å². The number of aromatic nitrogens is 4. The third-order valence-electron chi connectivity index (χ3n) is 3.32. The van der Waals surface area contributed by atoms with E-state index in [9.17, 15) is 0 Å². The number of fused-ring (bicyclic) bond motifs is 1. The molecular weight excluding hydrogens is 304 g/mol. The first-order chi connectivity index (χ1) is 9.31. The van der Waals surface area contributed by atoms with Crippen molar-refractivity contribution in [1.29, 1.82) is 0 Å². The van der Waals surface area contributed by atoms with Crippen molar-refractivity contribution in [3.63, 3.8) is 0 Å². The third kappa shape index (κ3) is 1.94. The second-order valence-electron chi connectivity index (χ2n) is 4.82. The van der Waals surface area contributed by atoms with Gasteiger partial charge in [-0.2, -0.15) is 5.10 Å². The molecular formula is C14H11BrN4. The van der Waals surface area contributed by atoms with Gasteiger partial charge in [0.15, 0.2) is 5.65 Å². The van der Waals surface area contributed by atoms with Crippen LogP contribution in [0.4, 0.5) is 0 Å². The van der Waals surface area contributed by atoms with Crippen LogP contribution in [-0.4, -0.2) is 19.7 Å². The Kier molecular flexibility index (Phi) is 2.41. The van der Waals surface area contributed by atoms with Gasteiger partial charge in [-0.25, -0.2) is 14.6 Å². The van der Waals surface area contributed by atoms with Crippen LogP contribution in [-0.2, 0) is 0 Å². The SMILES string of the molecule is Brc1cccc(-n2ncc3cnc(C4CC4)nc32)c1. The van der Waals surface area contributed by atoms with Crippen molar-refractivity contribution in [2.45, 2.75) is 18.8 Å². The number of rotatable bonds is 2. The second-order valence-corrected chi connectivity index (χ2v) is 5.73. The first-order valence-corrected chi connectivity index (χ1v) is 7.07. The van der Waals surface area contributed by atoms with Crippen LogP contribution in [0.5, 0.6) is 0 Å². The Hall–Kier alpha value is -1.75. The molecule has 0 atom stereocenters. The zero-order chi connectivity index (χ0) is 12.8. The van der Waals surface area contributed by atoms with Crippen molar-refractivity contribution in [2.75, 3.05) is 0 Å². The van der Waals surface area contributed by atoms with E-state index >= 15 is 0 Å². The minimum atomic E-state index is 0.551. The van der Waals surface area contributed by atoms with Crippen LogP contribution in [0.25, 0.3) is 16.7 Å². The first-order valence-electron chi connectivity index (χ1n) is 6.28. The number of benzene rings is 1. The van der Waals surface area contributed by atoms with Crippen molar-refractivity contribution >= 4 is 27.0 Å². The molecule has 2 heterocycles. The van der Waals surface area contributed by atoms with Crippen LogP contribution < -0.4 is 0 Å². The van der Waals surface area contributed by atoms with Gasteiger partial charge < -0.3 is 0 Å². The number of hydrogen-bond donors (Lipinski definition) is 0. The van der Waals surface area contributed by atoms with E-state index in [1.807, 2.05) is 41.3 Å². The number of nitrogens with zero attached hydrogens (tertiary/aromatic N) is 4. The summed E-state index contributed by atoms with van der Waals surface area (Å²) < 4.78 is 2.90. The molecule has 0 saturated heterocycles. The van der Waals surface area contributed by atoms with Gasteiger partial charge in [0, 0.05) is 16.6 Å². The highest BCUT2D eigenvalue weighted by Crippen LogP contribution is 2.38. The summed E-state index contributed by atoms with van der Waals surface area (Å²) in [6.07, 6.45) is 6.09. The van der Waals surface area contributed by atoms with Crippen molar-refractivity contribution in [3.05, 3.63) is 47.0 Å². The molecule has 0 N–H and O–H groups in total. The Bertz CT molecular complexity index is 761. The molecule has 2 aromatic heterocycles. The molecule has 0 bridgehead atoms. The predicted molar refractivity (Wildman–Crippen MR) is 76.3 cm³/mol. The second kappa shape index (κ2) is 4.13. The monoisotopic (exact) mass is 314 g/mol. The molecule has 19 heavy (non-hydrogen) atoms. The molecule has 0 unspecified atom stereocenters. The van der Waals surface area contributed by atoms with Gasteiger partial charge in [-0.1, -0.05) is 22.0 Å². The highest BCUT2D eigenvalue weighted by molar-refractivity contribution is 9.10. The normalized spacial score (nSPS) is 15.0. The number of hydrogen-bond acceptors (Lipinski definition) is 3. The van der Waals surface area contributed by atoms with E-state index in [1.54, 1.807) is 0 Å². The van der Waals surface area contributed by atoms with Gasteiger partial charge in [0.1, 0.15) is 5.82 Å². The molecule has 1 aliphatic rings. The summed E-state index contributed by atoms with van der Waals surface area (Å²) >= 11 is 3.49. The standard InChI is InChI=1S/C14H11BrN4/c15-11-2-1-3-12(6-11)19-14-10(8-17-19)7-16-13(18-14)9-4-5-9/h1-3,6-9H,4-5H2. The van der Waals surface area contributed by atoms with Crippen LogP contribution >= 0.6 is 15.9 Å². The lowest BCUT2D eigenvalue weighted by Gasteiger charge is -2.04. The molecule has 1 saturated carbocycles. The maximum Gasteiger partial charge on any atom is 0.166 e. The van der Waals surface area contributed by atoms with Crippen molar-refractivity contribution in [1.82, 2.24) is 19.7 Å². The minimum Gasteiger partial charge on any atom is -0.240 e. The van der Waals surface area contributed by atoms with Crippen LogP contribution in [0, 0.1) is 0 Å². The minimum absolute atomic E-state index is 0.551. The topological polar surface area (TPSA) is 43.6 Å². The van der Waals surface area contributed by atoms with Crippen molar-refractivity contribution in [2.24, 2.45) is 0 Å². The summed E-state index contributed by atoms with van der Waals surface area (Å²) in [6.45, 7) is 0. The largest absolute Gasteiger partial charge is 0.240 e. The van der Waals surface area contributed by atoms with Gasteiger partial charge in [-0.3, -0.25) is 0 Å². The van der Waals surface area contributed by atoms with E-state index in [2.05, 4.69) is 31.0 Å². The lowest BCUT2D eigenvalue weighted by molar-refractivity contribution is 0.873. The van der Waals surface area contributed by atoms with Crippen molar-refractivity contribution < 1.29 is 0 Å². The summed E-state index contributed by atoms with van der Waals surface area (Å²) in [4.78, 5) is 9.10. The van der Waals surface area contributed by atoms with E-state index in [0.717, 1.165) is 27.0 Å². The molecule has 1 fully saturated rings. The Morgan fingerprint density at radius 2 is 2.11 bits per heavy atom. The molecule has 0 radical (unpaired) electrons. The van der Waals surface area contributed by atoms with E-state index in [1.165, 1.54) is 12.8 Å². The molecule has 0 aliphatic heterocycles. The van der Waals surface area contributed by atoms with Crippen LogP contribution in [0.1, 0.15) is 24.6 Å². The van der Waals surface area contributed by atoms with Gasteiger partial charge in [-0.15, -0.1) is 0 Å². The fraction of sp³-hybridized carbons (Fsp3) is 0.214. The van der Waals surface area contributed by atoms with Gasteiger partial charge in [0.25, 0.3) is 0 Å². The lowest BCUT2D eigenvalue weighted by Crippen LogP contribution is -2.00. The summed E-state index contributed by atoms with van der Waals surface area (Å²) in [5.41, 5.74) is 1.89. The zero-order valence-electron chi connectivity index (χ0n) is 10.1. The Morgan fingerprint density at radius 1 is 1.21 bits per heavy atom. The van der Waals surface area contributed by atoms with Gasteiger partial charge >= 0.3 is 0 Å². The maximum absolute atomic E-state index is 4.68. The fourth-order valence-corrected chi connectivity index (χ4v) is 2.55. The molecule has 4 nitrogen and oxygen atoms in total. The highest BCUT2D eigenvalue weighted by atomic mass is 79.9. The molecule has 94 valence electrons. The quantitative estimate of drug-likeness (QED) is 0.727. The molecule has 0 spiro atoms. The average Bonchev–Trinajstić information content (AvgIpc) is 3.18. The Morgan fingerprint density at radius 3 is 2.89 bits per heavy atom. The van der Waals surface area contributed by atoms with Crippen LogP contribution in [0.15, 0.2) is 41.1 Å². The summed E-state index contributed by atoms with van der Waals surface area (Å²) in [5.74, 6) is 1.50. The Balaban J connectivity index is 1.91.